The minimum atomic E-state index is -4.94. The first-order chi connectivity index (χ1) is 8.65. The molecule has 0 bridgehead atoms. The van der Waals surface area contributed by atoms with E-state index in [4.69, 9.17) is 14.4 Å². The standard InChI is InChI=1S/C8H15NO9S/c1-3(11)9-5-7(18-19(14,15)16)6(12)4(2-10)17-8(5)13/h4-8,10,12-13H,2H2,1H3,(H,9,11)(H,14,15,16)/t4?,5?,6-,7+,8?/m1/s1. The molecule has 1 fully saturated rings. The van der Waals surface area contributed by atoms with E-state index in [0.717, 1.165) is 6.92 Å². The predicted octanol–water partition coefficient (Wildman–Crippen LogP) is -3.25. The third kappa shape index (κ3) is 4.35. The molecule has 1 aliphatic heterocycles. The number of carbonyl (C=O) groups is 1. The Morgan fingerprint density at radius 2 is 2.00 bits per heavy atom. The normalized spacial score (nSPS) is 35.9. The van der Waals surface area contributed by atoms with E-state index in [1.165, 1.54) is 0 Å². The van der Waals surface area contributed by atoms with Crippen molar-refractivity contribution in [3.63, 3.8) is 0 Å². The van der Waals surface area contributed by atoms with Crippen LogP contribution in [0, 0.1) is 0 Å². The summed E-state index contributed by atoms with van der Waals surface area (Å²) in [5.41, 5.74) is 0. The molecule has 1 aliphatic rings. The van der Waals surface area contributed by atoms with Crippen LogP contribution in [0.1, 0.15) is 6.92 Å². The van der Waals surface area contributed by atoms with Gasteiger partial charge in [0, 0.05) is 6.92 Å². The Balaban J connectivity index is 3.00. The van der Waals surface area contributed by atoms with Crippen LogP contribution in [0.2, 0.25) is 0 Å². The lowest BCUT2D eigenvalue weighted by atomic mass is 9.97. The van der Waals surface area contributed by atoms with Gasteiger partial charge in [-0.25, -0.2) is 4.18 Å². The summed E-state index contributed by atoms with van der Waals surface area (Å²) in [7, 11) is -4.94. The van der Waals surface area contributed by atoms with Crippen molar-refractivity contribution >= 4 is 16.3 Å². The topological polar surface area (TPSA) is 163 Å². The van der Waals surface area contributed by atoms with E-state index in [-0.39, 0.29) is 0 Å². The van der Waals surface area contributed by atoms with Gasteiger partial charge in [-0.05, 0) is 0 Å². The van der Waals surface area contributed by atoms with Crippen LogP contribution in [-0.2, 0) is 24.1 Å². The van der Waals surface area contributed by atoms with Crippen molar-refractivity contribution in [1.29, 1.82) is 0 Å². The quantitative estimate of drug-likeness (QED) is 0.335. The monoisotopic (exact) mass is 301 g/mol. The Morgan fingerprint density at radius 1 is 1.42 bits per heavy atom. The van der Waals surface area contributed by atoms with E-state index < -0.39 is 53.6 Å². The summed E-state index contributed by atoms with van der Waals surface area (Å²) in [4.78, 5) is 11.0. The molecule has 0 aromatic heterocycles. The predicted molar refractivity (Wildman–Crippen MR) is 58.0 cm³/mol. The van der Waals surface area contributed by atoms with E-state index >= 15 is 0 Å². The summed E-state index contributed by atoms with van der Waals surface area (Å²) in [6.45, 7) is 0.359. The van der Waals surface area contributed by atoms with Gasteiger partial charge in [0.05, 0.1) is 6.61 Å². The second-order valence-corrected chi connectivity index (χ2v) is 5.00. The third-order valence-corrected chi connectivity index (χ3v) is 2.94. The Bertz CT molecular complexity index is 424. The van der Waals surface area contributed by atoms with Gasteiger partial charge in [0.1, 0.15) is 24.4 Å². The lowest BCUT2D eigenvalue weighted by Crippen LogP contribution is -2.65. The highest BCUT2D eigenvalue weighted by molar-refractivity contribution is 7.80. The number of aliphatic hydroxyl groups is 3. The molecule has 0 aliphatic carbocycles. The Morgan fingerprint density at radius 3 is 2.42 bits per heavy atom. The average molecular weight is 301 g/mol. The summed E-state index contributed by atoms with van der Waals surface area (Å²) in [5, 5.41) is 30.4. The fraction of sp³-hybridized carbons (Fsp3) is 0.875. The second-order valence-electron chi connectivity index (χ2n) is 3.95. The van der Waals surface area contributed by atoms with Crippen LogP contribution >= 0.6 is 0 Å². The SMILES string of the molecule is CC(=O)NC1C(O)OC(CO)[C@@H](O)[C@H]1OS(=O)(=O)O. The average Bonchev–Trinajstić information content (AvgIpc) is 2.26. The molecule has 0 radical (unpaired) electrons. The fourth-order valence-corrected chi connectivity index (χ4v) is 2.24. The van der Waals surface area contributed by atoms with Crippen LogP contribution in [0.5, 0.6) is 0 Å². The van der Waals surface area contributed by atoms with Gasteiger partial charge in [-0.15, -0.1) is 0 Å². The van der Waals surface area contributed by atoms with Gasteiger partial charge in [-0.1, -0.05) is 0 Å². The van der Waals surface area contributed by atoms with E-state index in [2.05, 4.69) is 9.50 Å². The summed E-state index contributed by atoms with van der Waals surface area (Å²) in [6, 6.07) is -1.43. The minimum absolute atomic E-state index is 0.647. The molecule has 1 saturated heterocycles. The third-order valence-electron chi connectivity index (χ3n) is 2.48. The first-order valence-electron chi connectivity index (χ1n) is 5.21. The highest BCUT2D eigenvalue weighted by Gasteiger charge is 2.47. The number of hydrogen-bond acceptors (Lipinski definition) is 8. The molecule has 0 aromatic carbocycles. The molecule has 19 heavy (non-hydrogen) atoms. The Hall–Kier alpha value is -0.820. The van der Waals surface area contributed by atoms with Gasteiger partial charge in [0.25, 0.3) is 0 Å². The number of rotatable bonds is 4. The number of hydrogen-bond donors (Lipinski definition) is 5. The molecule has 3 unspecified atom stereocenters. The second kappa shape index (κ2) is 6.09. The van der Waals surface area contributed by atoms with Crippen molar-refractivity contribution in [2.75, 3.05) is 6.61 Å². The molecule has 112 valence electrons. The maximum absolute atomic E-state index is 11.0. The number of nitrogens with one attached hydrogen (secondary N) is 1. The zero-order valence-electron chi connectivity index (χ0n) is 9.83. The van der Waals surface area contributed by atoms with Crippen LogP contribution in [0.3, 0.4) is 0 Å². The largest absolute Gasteiger partial charge is 0.397 e. The zero-order valence-corrected chi connectivity index (χ0v) is 10.6. The van der Waals surface area contributed by atoms with Crippen molar-refractivity contribution < 1.29 is 42.0 Å². The van der Waals surface area contributed by atoms with Gasteiger partial charge >= 0.3 is 10.4 Å². The van der Waals surface area contributed by atoms with Crippen LogP contribution in [-0.4, -0.2) is 71.4 Å². The van der Waals surface area contributed by atoms with Crippen molar-refractivity contribution in [2.45, 2.75) is 37.6 Å². The lowest BCUT2D eigenvalue weighted by Gasteiger charge is -2.41. The van der Waals surface area contributed by atoms with Crippen molar-refractivity contribution in [3.05, 3.63) is 0 Å². The van der Waals surface area contributed by atoms with E-state index in [1.54, 1.807) is 0 Å². The first-order valence-corrected chi connectivity index (χ1v) is 6.57. The molecule has 0 aromatic rings. The summed E-state index contributed by atoms with van der Waals surface area (Å²) >= 11 is 0. The molecule has 5 N–H and O–H groups in total. The van der Waals surface area contributed by atoms with Gasteiger partial charge in [0.15, 0.2) is 6.29 Å². The molecular formula is C8H15NO9S. The maximum Gasteiger partial charge on any atom is 0.397 e. The molecule has 0 spiro atoms. The van der Waals surface area contributed by atoms with E-state index in [9.17, 15) is 23.4 Å². The molecular weight excluding hydrogens is 286 g/mol. The fourth-order valence-electron chi connectivity index (χ4n) is 1.73. The molecule has 5 atom stereocenters. The number of amides is 1. The van der Waals surface area contributed by atoms with Crippen molar-refractivity contribution in [2.24, 2.45) is 0 Å². The van der Waals surface area contributed by atoms with E-state index in [0.29, 0.717) is 0 Å². The highest BCUT2D eigenvalue weighted by Crippen LogP contribution is 2.23. The van der Waals surface area contributed by atoms with E-state index in [1.807, 2.05) is 0 Å². The molecule has 1 heterocycles. The lowest BCUT2D eigenvalue weighted by molar-refractivity contribution is -0.249. The number of carbonyl (C=O) groups excluding carboxylic acids is 1. The number of aliphatic hydroxyl groups excluding tert-OH is 3. The molecule has 11 heteroatoms. The minimum Gasteiger partial charge on any atom is -0.394 e. The highest BCUT2D eigenvalue weighted by atomic mass is 32.3. The molecule has 10 nitrogen and oxygen atoms in total. The van der Waals surface area contributed by atoms with Crippen LogP contribution in [0.25, 0.3) is 0 Å². The summed E-state index contributed by atoms with van der Waals surface area (Å²) in [5.74, 6) is -0.647. The summed E-state index contributed by atoms with van der Waals surface area (Å²) < 4.78 is 39.0. The first kappa shape index (κ1) is 16.2. The van der Waals surface area contributed by atoms with Crippen LogP contribution in [0.4, 0.5) is 0 Å². The van der Waals surface area contributed by atoms with Gasteiger partial charge in [0.2, 0.25) is 5.91 Å². The summed E-state index contributed by atoms with van der Waals surface area (Å²) in [6.07, 6.45) is -6.45. The smallest absolute Gasteiger partial charge is 0.394 e. The van der Waals surface area contributed by atoms with Gasteiger partial charge in [-0.2, -0.15) is 8.42 Å². The van der Waals surface area contributed by atoms with Crippen molar-refractivity contribution in [3.8, 4) is 0 Å². The molecule has 1 amide bonds. The maximum atomic E-state index is 11.0. The molecule has 1 rings (SSSR count). The van der Waals surface area contributed by atoms with Crippen LogP contribution < -0.4 is 5.32 Å². The van der Waals surface area contributed by atoms with Gasteiger partial charge in [-0.3, -0.25) is 9.35 Å². The number of ether oxygens (including phenoxy) is 1. The Kier molecular flexibility index (Phi) is 5.20. The zero-order chi connectivity index (χ0) is 14.8. The van der Waals surface area contributed by atoms with Gasteiger partial charge < -0.3 is 25.4 Å². The Labute approximate surface area is 108 Å². The van der Waals surface area contributed by atoms with Crippen molar-refractivity contribution in [1.82, 2.24) is 5.32 Å². The molecule has 0 saturated carbocycles. The van der Waals surface area contributed by atoms with Crippen LogP contribution in [0.15, 0.2) is 0 Å².